The number of anilines is 1. The lowest BCUT2D eigenvalue weighted by atomic mass is 9.75. The van der Waals surface area contributed by atoms with Crippen molar-refractivity contribution in [1.29, 1.82) is 0 Å². The van der Waals surface area contributed by atoms with Crippen molar-refractivity contribution in [1.82, 2.24) is 4.98 Å². The molecule has 0 spiro atoms. The molecule has 3 heteroatoms. The van der Waals surface area contributed by atoms with Crippen molar-refractivity contribution < 1.29 is 0 Å². The molecule has 0 radical (unpaired) electrons. The average Bonchev–Trinajstić information content (AvgIpc) is 2.81. The fraction of sp³-hybridized carbons (Fsp3) is 0.500. The van der Waals surface area contributed by atoms with E-state index >= 15 is 0 Å². The average molecular weight is 255 g/mol. The monoisotopic (exact) mass is 255 g/mol. The van der Waals surface area contributed by atoms with Gasteiger partial charge in [0.1, 0.15) is 0 Å². The van der Waals surface area contributed by atoms with Crippen molar-refractivity contribution >= 4 is 16.6 Å². The largest absolute Gasteiger partial charge is 0.369 e. The van der Waals surface area contributed by atoms with Gasteiger partial charge in [0.2, 0.25) is 0 Å². The summed E-state index contributed by atoms with van der Waals surface area (Å²) in [5.74, 6) is 1.58. The number of nitrogens with zero attached hydrogens (tertiary/aromatic N) is 1. The number of H-pyrrole nitrogens is 1. The van der Waals surface area contributed by atoms with E-state index in [9.17, 15) is 0 Å². The number of nitrogens with two attached hydrogens (primary N) is 1. The number of hydrogen-bond acceptors (Lipinski definition) is 2. The topological polar surface area (TPSA) is 45.0 Å². The maximum Gasteiger partial charge on any atom is 0.0624 e. The molecule has 1 saturated heterocycles. The predicted molar refractivity (Wildman–Crippen MR) is 79.3 cm³/mol. The van der Waals surface area contributed by atoms with E-state index in [1.54, 1.807) is 0 Å². The highest BCUT2D eigenvalue weighted by atomic mass is 15.2. The number of hydrogen-bond donors (Lipinski definition) is 2. The molecule has 2 bridgehead atoms. The highest BCUT2D eigenvalue weighted by Crippen LogP contribution is 2.37. The van der Waals surface area contributed by atoms with Gasteiger partial charge in [-0.05, 0) is 37.2 Å². The first-order chi connectivity index (χ1) is 9.29. The summed E-state index contributed by atoms with van der Waals surface area (Å²) in [5, 5.41) is 1.35. The third-order valence-corrected chi connectivity index (χ3v) is 4.80. The van der Waals surface area contributed by atoms with Crippen LogP contribution in [0, 0.1) is 11.8 Å². The van der Waals surface area contributed by atoms with Crippen molar-refractivity contribution in [2.24, 2.45) is 17.6 Å². The van der Waals surface area contributed by atoms with Gasteiger partial charge in [-0.15, -0.1) is 0 Å². The first-order valence-electron chi connectivity index (χ1n) is 7.36. The molecule has 1 aliphatic carbocycles. The minimum absolute atomic E-state index is 0.439. The van der Waals surface area contributed by atoms with Gasteiger partial charge in [-0.1, -0.05) is 18.2 Å². The van der Waals surface area contributed by atoms with Crippen LogP contribution in [0.2, 0.25) is 0 Å². The van der Waals surface area contributed by atoms with Crippen LogP contribution in [0.4, 0.5) is 5.69 Å². The Balaban J connectivity index is 1.66. The van der Waals surface area contributed by atoms with Gasteiger partial charge in [0.25, 0.3) is 0 Å². The van der Waals surface area contributed by atoms with Crippen LogP contribution >= 0.6 is 0 Å². The van der Waals surface area contributed by atoms with Gasteiger partial charge < -0.3 is 15.6 Å². The fourth-order valence-electron chi connectivity index (χ4n) is 4.13. The van der Waals surface area contributed by atoms with Gasteiger partial charge in [-0.2, -0.15) is 0 Å². The summed E-state index contributed by atoms with van der Waals surface area (Å²) < 4.78 is 0. The molecule has 2 atom stereocenters. The van der Waals surface area contributed by atoms with E-state index < -0.39 is 0 Å². The SMILES string of the molecule is NC1CC2CC(C1)CN(c1c[nH]c3ccccc13)C2. The Kier molecular flexibility index (Phi) is 2.55. The zero-order valence-electron chi connectivity index (χ0n) is 11.2. The smallest absolute Gasteiger partial charge is 0.0624 e. The van der Waals surface area contributed by atoms with Crippen LogP contribution in [0.25, 0.3) is 10.9 Å². The highest BCUT2D eigenvalue weighted by molar-refractivity contribution is 5.92. The van der Waals surface area contributed by atoms with Gasteiger partial charge in [-0.3, -0.25) is 0 Å². The molecule has 2 heterocycles. The maximum absolute atomic E-state index is 6.15. The molecule has 0 amide bonds. The second-order valence-electron chi connectivity index (χ2n) is 6.32. The third kappa shape index (κ3) is 1.93. The molecule has 1 aromatic carbocycles. The molecule has 1 saturated carbocycles. The summed E-state index contributed by atoms with van der Waals surface area (Å²) in [7, 11) is 0. The molecular formula is C16H21N3. The summed E-state index contributed by atoms with van der Waals surface area (Å²) in [6.07, 6.45) is 5.96. The molecule has 2 aromatic rings. The molecule has 100 valence electrons. The van der Waals surface area contributed by atoms with E-state index in [0.717, 1.165) is 11.8 Å². The van der Waals surface area contributed by atoms with Gasteiger partial charge >= 0.3 is 0 Å². The highest BCUT2D eigenvalue weighted by Gasteiger charge is 2.34. The van der Waals surface area contributed by atoms with Crippen LogP contribution in [-0.2, 0) is 0 Å². The van der Waals surface area contributed by atoms with E-state index in [-0.39, 0.29) is 0 Å². The van der Waals surface area contributed by atoms with Crippen molar-refractivity contribution in [3.63, 3.8) is 0 Å². The predicted octanol–water partition coefficient (Wildman–Crippen LogP) is 2.73. The summed E-state index contributed by atoms with van der Waals surface area (Å²) >= 11 is 0. The minimum atomic E-state index is 0.439. The van der Waals surface area contributed by atoms with Gasteiger partial charge in [-0.25, -0.2) is 0 Å². The van der Waals surface area contributed by atoms with Gasteiger partial charge in [0.05, 0.1) is 5.69 Å². The Morgan fingerprint density at radius 2 is 1.79 bits per heavy atom. The van der Waals surface area contributed by atoms with Gasteiger partial charge in [0, 0.05) is 36.2 Å². The molecule has 3 nitrogen and oxygen atoms in total. The standard InChI is InChI=1S/C16H21N3/c17-13-6-11-5-12(7-13)10-19(9-11)16-8-18-15-4-2-1-3-14(15)16/h1-4,8,11-13,18H,5-7,9-10,17H2. The molecule has 19 heavy (non-hydrogen) atoms. The van der Waals surface area contributed by atoms with Crippen molar-refractivity contribution in [2.45, 2.75) is 25.3 Å². The quantitative estimate of drug-likeness (QED) is 0.823. The van der Waals surface area contributed by atoms with Crippen molar-refractivity contribution in [3.8, 4) is 0 Å². The van der Waals surface area contributed by atoms with Crippen LogP contribution in [0.3, 0.4) is 0 Å². The van der Waals surface area contributed by atoms with Crippen LogP contribution in [-0.4, -0.2) is 24.1 Å². The lowest BCUT2D eigenvalue weighted by molar-refractivity contribution is 0.209. The van der Waals surface area contributed by atoms with Crippen LogP contribution < -0.4 is 10.6 Å². The molecular weight excluding hydrogens is 234 g/mol. The number of benzene rings is 1. The lowest BCUT2D eigenvalue weighted by Gasteiger charge is -2.44. The van der Waals surface area contributed by atoms with Crippen LogP contribution in [0.15, 0.2) is 30.5 Å². The second-order valence-corrected chi connectivity index (χ2v) is 6.32. The zero-order chi connectivity index (χ0) is 12.8. The molecule has 2 unspecified atom stereocenters. The number of nitrogens with one attached hydrogen (secondary N) is 1. The first kappa shape index (κ1) is 11.4. The number of fused-ring (bicyclic) bond motifs is 3. The zero-order valence-corrected chi connectivity index (χ0v) is 11.2. The Labute approximate surface area is 113 Å². The molecule has 4 rings (SSSR count). The second kappa shape index (κ2) is 4.27. The fourth-order valence-corrected chi connectivity index (χ4v) is 4.13. The van der Waals surface area contributed by atoms with E-state index in [4.69, 9.17) is 5.73 Å². The Bertz CT molecular complexity index is 570. The summed E-state index contributed by atoms with van der Waals surface area (Å²) in [5.41, 5.74) is 8.77. The molecule has 2 fully saturated rings. The molecule has 1 aliphatic heterocycles. The van der Waals surface area contributed by atoms with Crippen molar-refractivity contribution in [3.05, 3.63) is 30.5 Å². The van der Waals surface area contributed by atoms with E-state index in [0.29, 0.717) is 6.04 Å². The normalized spacial score (nSPS) is 30.8. The van der Waals surface area contributed by atoms with Gasteiger partial charge in [0.15, 0.2) is 0 Å². The van der Waals surface area contributed by atoms with E-state index in [2.05, 4.69) is 40.3 Å². The summed E-state index contributed by atoms with van der Waals surface area (Å²) in [6, 6.07) is 9.03. The Morgan fingerprint density at radius 3 is 2.58 bits per heavy atom. The maximum atomic E-state index is 6.15. The number of para-hydroxylation sites is 1. The third-order valence-electron chi connectivity index (χ3n) is 4.80. The summed E-state index contributed by atoms with van der Waals surface area (Å²) in [4.78, 5) is 5.97. The van der Waals surface area contributed by atoms with Crippen LogP contribution in [0.1, 0.15) is 19.3 Å². The van der Waals surface area contributed by atoms with Crippen LogP contribution in [0.5, 0.6) is 0 Å². The first-order valence-corrected chi connectivity index (χ1v) is 7.36. The Hall–Kier alpha value is -1.48. The summed E-state index contributed by atoms with van der Waals surface area (Å²) in [6.45, 7) is 2.35. The molecule has 1 aromatic heterocycles. The lowest BCUT2D eigenvalue weighted by Crippen LogP contribution is -2.47. The van der Waals surface area contributed by atoms with Crippen molar-refractivity contribution in [2.75, 3.05) is 18.0 Å². The number of piperidine rings is 1. The van der Waals surface area contributed by atoms with E-state index in [1.807, 2.05) is 0 Å². The number of aromatic amines is 1. The Morgan fingerprint density at radius 1 is 1.05 bits per heavy atom. The number of rotatable bonds is 1. The molecule has 2 aliphatic rings. The van der Waals surface area contributed by atoms with E-state index in [1.165, 1.54) is 48.9 Å². The minimum Gasteiger partial charge on any atom is -0.369 e. The molecule has 3 N–H and O–H groups in total. The number of aromatic nitrogens is 1.